The standard InChI is InChI=1S/C20H30N4O/c1-16(2)20-22-12-13-24(20)15-17-8-7-9-18(14-17)23-19(25)10-5-3-4-6-11-21/h7-9,12-14,16H,3-6,10-11,15,21H2,1-2H3,(H,23,25). The second-order valence-electron chi connectivity index (χ2n) is 6.77. The Kier molecular flexibility index (Phi) is 7.67. The number of aromatic nitrogens is 2. The summed E-state index contributed by atoms with van der Waals surface area (Å²) in [5, 5.41) is 3.00. The summed E-state index contributed by atoms with van der Waals surface area (Å²) in [6.45, 7) is 5.77. The second-order valence-corrected chi connectivity index (χ2v) is 6.77. The van der Waals surface area contributed by atoms with E-state index in [4.69, 9.17) is 5.73 Å². The summed E-state index contributed by atoms with van der Waals surface area (Å²) in [6.07, 6.45) is 8.52. The van der Waals surface area contributed by atoms with Gasteiger partial charge in [-0.2, -0.15) is 0 Å². The second kappa shape index (κ2) is 9.99. The smallest absolute Gasteiger partial charge is 0.224 e. The van der Waals surface area contributed by atoms with E-state index in [2.05, 4.69) is 34.8 Å². The first-order valence-corrected chi connectivity index (χ1v) is 9.20. The van der Waals surface area contributed by atoms with E-state index in [0.717, 1.165) is 55.8 Å². The average molecular weight is 342 g/mol. The monoisotopic (exact) mass is 342 g/mol. The minimum Gasteiger partial charge on any atom is -0.330 e. The van der Waals surface area contributed by atoms with Crippen molar-refractivity contribution >= 4 is 11.6 Å². The molecule has 0 aliphatic rings. The Labute approximate surface area is 150 Å². The highest BCUT2D eigenvalue weighted by Crippen LogP contribution is 2.17. The Hall–Kier alpha value is -2.14. The number of nitrogens with one attached hydrogen (secondary N) is 1. The topological polar surface area (TPSA) is 72.9 Å². The Morgan fingerprint density at radius 1 is 1.24 bits per heavy atom. The van der Waals surface area contributed by atoms with Gasteiger partial charge in [0.2, 0.25) is 5.91 Å². The van der Waals surface area contributed by atoms with Crippen LogP contribution < -0.4 is 11.1 Å². The molecule has 1 amide bonds. The number of anilines is 1. The molecule has 0 atom stereocenters. The zero-order valence-electron chi connectivity index (χ0n) is 15.4. The molecule has 2 rings (SSSR count). The molecule has 136 valence electrons. The number of nitrogens with two attached hydrogens (primary N) is 1. The third kappa shape index (κ3) is 6.35. The van der Waals surface area contributed by atoms with Crippen molar-refractivity contribution in [2.24, 2.45) is 5.73 Å². The van der Waals surface area contributed by atoms with Crippen molar-refractivity contribution in [2.75, 3.05) is 11.9 Å². The van der Waals surface area contributed by atoms with Crippen molar-refractivity contribution in [1.82, 2.24) is 9.55 Å². The number of hydrogen-bond acceptors (Lipinski definition) is 3. The van der Waals surface area contributed by atoms with Crippen LogP contribution in [0.2, 0.25) is 0 Å². The highest BCUT2D eigenvalue weighted by molar-refractivity contribution is 5.90. The molecule has 0 aliphatic carbocycles. The highest BCUT2D eigenvalue weighted by atomic mass is 16.1. The van der Waals surface area contributed by atoms with Gasteiger partial charge in [0, 0.05) is 37.0 Å². The molecular formula is C20H30N4O. The number of nitrogens with zero attached hydrogens (tertiary/aromatic N) is 2. The molecule has 1 aromatic heterocycles. The van der Waals surface area contributed by atoms with Crippen molar-refractivity contribution in [3.05, 3.63) is 48.0 Å². The van der Waals surface area contributed by atoms with Crippen molar-refractivity contribution < 1.29 is 4.79 Å². The van der Waals surface area contributed by atoms with Crippen LogP contribution >= 0.6 is 0 Å². The third-order valence-corrected chi connectivity index (χ3v) is 4.19. The van der Waals surface area contributed by atoms with E-state index in [9.17, 15) is 4.79 Å². The largest absolute Gasteiger partial charge is 0.330 e. The van der Waals surface area contributed by atoms with Crippen molar-refractivity contribution in [3.63, 3.8) is 0 Å². The van der Waals surface area contributed by atoms with E-state index in [1.54, 1.807) is 0 Å². The molecule has 0 bridgehead atoms. The molecule has 5 nitrogen and oxygen atoms in total. The van der Waals surface area contributed by atoms with E-state index in [1.807, 2.05) is 30.6 Å². The lowest BCUT2D eigenvalue weighted by Crippen LogP contribution is -2.12. The van der Waals surface area contributed by atoms with Gasteiger partial charge in [0.25, 0.3) is 0 Å². The summed E-state index contributed by atoms with van der Waals surface area (Å²) < 4.78 is 2.16. The Morgan fingerprint density at radius 2 is 2.04 bits per heavy atom. The van der Waals surface area contributed by atoms with Gasteiger partial charge in [-0.15, -0.1) is 0 Å². The number of rotatable bonds is 10. The van der Waals surface area contributed by atoms with Crippen LogP contribution in [0.25, 0.3) is 0 Å². The van der Waals surface area contributed by atoms with Gasteiger partial charge in [-0.25, -0.2) is 4.98 Å². The van der Waals surface area contributed by atoms with Crippen LogP contribution in [0.1, 0.15) is 63.3 Å². The summed E-state index contributed by atoms with van der Waals surface area (Å²) in [5.41, 5.74) is 7.49. The lowest BCUT2D eigenvalue weighted by atomic mass is 10.1. The van der Waals surface area contributed by atoms with E-state index in [-0.39, 0.29) is 5.91 Å². The first kappa shape index (κ1) is 19.2. The van der Waals surface area contributed by atoms with Gasteiger partial charge in [-0.05, 0) is 37.1 Å². The number of imidazole rings is 1. The molecule has 0 unspecified atom stereocenters. The van der Waals surface area contributed by atoms with Crippen molar-refractivity contribution in [2.45, 2.75) is 58.4 Å². The van der Waals surface area contributed by atoms with Gasteiger partial charge >= 0.3 is 0 Å². The molecular weight excluding hydrogens is 312 g/mol. The molecule has 3 N–H and O–H groups in total. The molecule has 1 heterocycles. The van der Waals surface area contributed by atoms with E-state index >= 15 is 0 Å². The van der Waals surface area contributed by atoms with Crippen LogP contribution in [0.5, 0.6) is 0 Å². The number of benzene rings is 1. The van der Waals surface area contributed by atoms with Gasteiger partial charge in [0.15, 0.2) is 0 Å². The lowest BCUT2D eigenvalue weighted by Gasteiger charge is -2.12. The Morgan fingerprint density at radius 3 is 2.80 bits per heavy atom. The van der Waals surface area contributed by atoms with E-state index in [0.29, 0.717) is 12.3 Å². The fraction of sp³-hybridized carbons (Fsp3) is 0.500. The predicted molar refractivity (Wildman–Crippen MR) is 103 cm³/mol. The predicted octanol–water partition coefficient (Wildman–Crippen LogP) is 3.90. The quantitative estimate of drug-likeness (QED) is 0.643. The molecule has 0 radical (unpaired) electrons. The lowest BCUT2D eigenvalue weighted by molar-refractivity contribution is -0.116. The molecule has 0 spiro atoms. The molecule has 5 heteroatoms. The van der Waals surface area contributed by atoms with Crippen LogP contribution in [0, 0.1) is 0 Å². The maximum Gasteiger partial charge on any atom is 0.224 e. The van der Waals surface area contributed by atoms with Crippen molar-refractivity contribution in [3.8, 4) is 0 Å². The Balaban J connectivity index is 1.88. The summed E-state index contributed by atoms with van der Waals surface area (Å²) in [6, 6.07) is 8.04. The number of carbonyl (C=O) groups is 1. The number of hydrogen-bond donors (Lipinski definition) is 2. The summed E-state index contributed by atoms with van der Waals surface area (Å²) in [7, 11) is 0. The minimum atomic E-state index is 0.0791. The van der Waals surface area contributed by atoms with Crippen molar-refractivity contribution in [1.29, 1.82) is 0 Å². The van der Waals surface area contributed by atoms with Crippen LogP contribution in [-0.2, 0) is 11.3 Å². The van der Waals surface area contributed by atoms with Crippen LogP contribution in [0.15, 0.2) is 36.7 Å². The number of unbranched alkanes of at least 4 members (excludes halogenated alkanes) is 3. The highest BCUT2D eigenvalue weighted by Gasteiger charge is 2.08. The summed E-state index contributed by atoms with van der Waals surface area (Å²) >= 11 is 0. The maximum absolute atomic E-state index is 12.1. The van der Waals surface area contributed by atoms with Gasteiger partial charge in [0.1, 0.15) is 5.82 Å². The first-order chi connectivity index (χ1) is 12.1. The molecule has 0 fully saturated rings. The molecule has 25 heavy (non-hydrogen) atoms. The molecule has 2 aromatic rings. The van der Waals surface area contributed by atoms with Gasteiger partial charge < -0.3 is 15.6 Å². The third-order valence-electron chi connectivity index (χ3n) is 4.19. The zero-order valence-corrected chi connectivity index (χ0v) is 15.4. The first-order valence-electron chi connectivity index (χ1n) is 9.20. The molecule has 1 aromatic carbocycles. The van der Waals surface area contributed by atoms with Crippen LogP contribution in [0.3, 0.4) is 0 Å². The maximum atomic E-state index is 12.1. The van der Waals surface area contributed by atoms with E-state index in [1.165, 1.54) is 0 Å². The van der Waals surface area contributed by atoms with Gasteiger partial charge in [-0.1, -0.05) is 38.8 Å². The number of carbonyl (C=O) groups excluding carboxylic acids is 1. The van der Waals surface area contributed by atoms with E-state index < -0.39 is 0 Å². The molecule has 0 saturated carbocycles. The van der Waals surface area contributed by atoms with Gasteiger partial charge in [0.05, 0.1) is 0 Å². The Bertz CT molecular complexity index is 663. The number of amides is 1. The molecule has 0 saturated heterocycles. The zero-order chi connectivity index (χ0) is 18.1. The van der Waals surface area contributed by atoms with Crippen LogP contribution in [-0.4, -0.2) is 22.0 Å². The fourth-order valence-electron chi connectivity index (χ4n) is 2.91. The normalized spacial score (nSPS) is 11.0. The minimum absolute atomic E-state index is 0.0791. The summed E-state index contributed by atoms with van der Waals surface area (Å²) in [5.74, 6) is 1.54. The summed E-state index contributed by atoms with van der Waals surface area (Å²) in [4.78, 5) is 16.5. The van der Waals surface area contributed by atoms with Crippen LogP contribution in [0.4, 0.5) is 5.69 Å². The molecule has 0 aliphatic heterocycles. The van der Waals surface area contributed by atoms with Gasteiger partial charge in [-0.3, -0.25) is 4.79 Å². The SMILES string of the molecule is CC(C)c1nccn1Cc1cccc(NC(=O)CCCCCCN)c1. The fourth-order valence-corrected chi connectivity index (χ4v) is 2.91. The average Bonchev–Trinajstić information content (AvgIpc) is 3.03.